The molecular weight excluding hydrogens is 510 g/mol. The number of benzene rings is 1. The van der Waals surface area contributed by atoms with Crippen molar-refractivity contribution in [3.8, 4) is 23.0 Å². The van der Waals surface area contributed by atoms with Gasteiger partial charge in [0.05, 0.1) is 12.2 Å². The first kappa shape index (κ1) is 24.3. The number of esters is 1. The normalized spacial score (nSPS) is 14.7. The van der Waals surface area contributed by atoms with Crippen LogP contribution in [-0.2, 0) is 32.2 Å². The van der Waals surface area contributed by atoms with Gasteiger partial charge < -0.3 is 23.9 Å². The maximum Gasteiger partial charge on any atom is 0.341 e. The molecule has 3 heterocycles. The number of amides is 1. The van der Waals surface area contributed by atoms with Gasteiger partial charge in [0.25, 0.3) is 0 Å². The zero-order valence-electron chi connectivity index (χ0n) is 19.4. The van der Waals surface area contributed by atoms with E-state index >= 15 is 0 Å². The molecule has 0 bridgehead atoms. The van der Waals surface area contributed by atoms with Gasteiger partial charge in [0.15, 0.2) is 11.5 Å². The molecule has 5 rings (SSSR count). The minimum atomic E-state index is -4.25. The Balaban J connectivity index is 1.33. The van der Waals surface area contributed by atoms with Crippen molar-refractivity contribution in [2.24, 2.45) is 0 Å². The molecule has 1 aromatic carbocycles. The van der Waals surface area contributed by atoms with Crippen LogP contribution >= 0.6 is 11.3 Å². The molecule has 0 atom stereocenters. The largest absolute Gasteiger partial charge is 0.486 e. The van der Waals surface area contributed by atoms with Gasteiger partial charge in [-0.25, -0.2) is 13.2 Å². The molecule has 0 spiro atoms. The lowest BCUT2D eigenvalue weighted by molar-refractivity contribution is -0.113. The van der Waals surface area contributed by atoms with E-state index in [2.05, 4.69) is 15.5 Å². The van der Waals surface area contributed by atoms with Crippen molar-refractivity contribution in [2.75, 3.05) is 30.9 Å². The molecule has 2 aliphatic rings. The predicted octanol–water partition coefficient (Wildman–Crippen LogP) is 3.04. The van der Waals surface area contributed by atoms with Gasteiger partial charge in [0.1, 0.15) is 24.0 Å². The summed E-state index contributed by atoms with van der Waals surface area (Å²) in [6.07, 6.45) is 3.42. The summed E-state index contributed by atoms with van der Waals surface area (Å²) in [4.78, 5) is 26.3. The van der Waals surface area contributed by atoms with Crippen LogP contribution in [0.15, 0.2) is 27.8 Å². The Morgan fingerprint density at radius 1 is 1.11 bits per heavy atom. The highest BCUT2D eigenvalue weighted by molar-refractivity contribution is 7.91. The van der Waals surface area contributed by atoms with Gasteiger partial charge in [-0.1, -0.05) is 5.10 Å². The van der Waals surface area contributed by atoms with Crippen LogP contribution in [0, 0.1) is 0 Å². The molecule has 13 heteroatoms. The van der Waals surface area contributed by atoms with E-state index in [0.29, 0.717) is 47.3 Å². The highest BCUT2D eigenvalue weighted by Gasteiger charge is 2.30. The molecule has 2 aromatic heterocycles. The van der Waals surface area contributed by atoms with Crippen molar-refractivity contribution in [3.05, 3.63) is 34.2 Å². The Hall–Kier alpha value is -3.45. The SMILES string of the molecule is CCOC(=O)c1c(NC(=O)CS(=O)(=O)c2nnc(-c3ccc4c(c3)OCCO4)o2)sc2c1CCCC2. The van der Waals surface area contributed by atoms with Gasteiger partial charge in [-0.3, -0.25) is 4.79 Å². The van der Waals surface area contributed by atoms with Crippen LogP contribution in [0.3, 0.4) is 0 Å². The van der Waals surface area contributed by atoms with Crippen molar-refractivity contribution in [3.63, 3.8) is 0 Å². The second-order valence-electron chi connectivity index (χ2n) is 8.17. The van der Waals surface area contributed by atoms with Gasteiger partial charge in [-0.05, 0) is 56.4 Å². The number of hydrogen-bond donors (Lipinski definition) is 1. The van der Waals surface area contributed by atoms with Crippen molar-refractivity contribution >= 4 is 38.1 Å². The number of rotatable bonds is 7. The molecule has 0 saturated heterocycles. The molecular formula is C23H23N3O8S2. The number of ether oxygens (including phenoxy) is 3. The number of aryl methyl sites for hydroxylation is 1. The highest BCUT2D eigenvalue weighted by atomic mass is 32.2. The summed E-state index contributed by atoms with van der Waals surface area (Å²) in [7, 11) is -4.25. The second-order valence-corrected chi connectivity index (χ2v) is 11.1. The van der Waals surface area contributed by atoms with E-state index in [9.17, 15) is 18.0 Å². The molecule has 11 nitrogen and oxygen atoms in total. The third kappa shape index (κ3) is 4.80. The molecule has 36 heavy (non-hydrogen) atoms. The smallest absolute Gasteiger partial charge is 0.341 e. The van der Waals surface area contributed by atoms with Gasteiger partial charge in [0, 0.05) is 10.4 Å². The summed E-state index contributed by atoms with van der Waals surface area (Å²) < 4.78 is 47.2. The fraction of sp³-hybridized carbons (Fsp3) is 0.391. The van der Waals surface area contributed by atoms with Crippen LogP contribution in [0.5, 0.6) is 11.5 Å². The maximum absolute atomic E-state index is 12.8. The average molecular weight is 534 g/mol. The molecule has 0 unspecified atom stereocenters. The second kappa shape index (κ2) is 9.90. The summed E-state index contributed by atoms with van der Waals surface area (Å²) in [5.41, 5.74) is 1.62. The molecule has 0 saturated carbocycles. The maximum atomic E-state index is 12.8. The van der Waals surface area contributed by atoms with Crippen LogP contribution < -0.4 is 14.8 Å². The van der Waals surface area contributed by atoms with Crippen molar-refractivity contribution in [2.45, 2.75) is 37.8 Å². The fourth-order valence-corrected chi connectivity index (χ4v) is 6.30. The lowest BCUT2D eigenvalue weighted by Gasteiger charge is -2.18. The molecule has 1 N–H and O–H groups in total. The number of anilines is 1. The van der Waals surface area contributed by atoms with E-state index in [1.54, 1.807) is 25.1 Å². The van der Waals surface area contributed by atoms with Crippen LogP contribution in [0.1, 0.15) is 40.6 Å². The summed E-state index contributed by atoms with van der Waals surface area (Å²) in [5, 5.41) is 9.64. The van der Waals surface area contributed by atoms with Gasteiger partial charge in [-0.2, -0.15) is 0 Å². The van der Waals surface area contributed by atoms with Crippen LogP contribution in [0.2, 0.25) is 0 Å². The summed E-state index contributed by atoms with van der Waals surface area (Å²) in [5.74, 6) is -1.28. The summed E-state index contributed by atoms with van der Waals surface area (Å²) >= 11 is 1.28. The topological polar surface area (TPSA) is 147 Å². The Morgan fingerprint density at radius 2 is 1.89 bits per heavy atom. The number of sulfone groups is 1. The highest BCUT2D eigenvalue weighted by Crippen LogP contribution is 2.39. The van der Waals surface area contributed by atoms with Crippen LogP contribution in [-0.4, -0.2) is 56.1 Å². The van der Waals surface area contributed by atoms with E-state index in [1.807, 2.05) is 0 Å². The zero-order chi connectivity index (χ0) is 25.3. The Morgan fingerprint density at radius 3 is 2.69 bits per heavy atom. The number of hydrogen-bond acceptors (Lipinski definition) is 11. The Bertz CT molecular complexity index is 1430. The molecule has 190 valence electrons. The quantitative estimate of drug-likeness (QED) is 0.449. The van der Waals surface area contributed by atoms with E-state index in [4.69, 9.17) is 18.6 Å². The standard InChI is InChI=1S/C23H23N3O8S2/c1-2-31-22(28)19-14-5-3-4-6-17(14)35-21(19)24-18(27)12-36(29,30)23-26-25-20(34-23)13-7-8-15-16(11-13)33-10-9-32-15/h7-8,11H,2-6,9-10,12H2,1H3,(H,24,27). The Labute approximate surface area is 210 Å². The van der Waals surface area contributed by atoms with Gasteiger partial charge in [0.2, 0.25) is 21.6 Å². The number of carbonyl (C=O) groups excluding carboxylic acids is 2. The summed E-state index contributed by atoms with van der Waals surface area (Å²) in [6, 6.07) is 4.91. The first-order chi connectivity index (χ1) is 17.4. The first-order valence-electron chi connectivity index (χ1n) is 11.4. The number of nitrogens with zero attached hydrogens (tertiary/aromatic N) is 2. The van der Waals surface area contributed by atoms with Crippen LogP contribution in [0.25, 0.3) is 11.5 Å². The minimum Gasteiger partial charge on any atom is -0.486 e. The van der Waals surface area contributed by atoms with E-state index in [-0.39, 0.29) is 12.5 Å². The first-order valence-corrected chi connectivity index (χ1v) is 13.9. The monoisotopic (exact) mass is 533 g/mol. The Kier molecular flexibility index (Phi) is 6.67. The van der Waals surface area contributed by atoms with Crippen LogP contribution in [0.4, 0.5) is 5.00 Å². The van der Waals surface area contributed by atoms with Crippen molar-refractivity contribution < 1.29 is 36.6 Å². The molecule has 0 fully saturated rings. The predicted molar refractivity (Wildman–Crippen MR) is 128 cm³/mol. The number of fused-ring (bicyclic) bond motifs is 2. The number of aromatic nitrogens is 2. The lowest BCUT2D eigenvalue weighted by atomic mass is 9.95. The van der Waals surface area contributed by atoms with Crippen molar-refractivity contribution in [1.29, 1.82) is 0 Å². The average Bonchev–Trinajstić information content (AvgIpc) is 3.49. The van der Waals surface area contributed by atoms with E-state index in [1.165, 1.54) is 11.3 Å². The number of thiophene rings is 1. The van der Waals surface area contributed by atoms with E-state index < -0.39 is 32.7 Å². The fourth-order valence-electron chi connectivity index (χ4n) is 4.10. The molecule has 3 aromatic rings. The number of carbonyl (C=O) groups is 2. The molecule has 0 radical (unpaired) electrons. The van der Waals surface area contributed by atoms with Crippen molar-refractivity contribution in [1.82, 2.24) is 10.2 Å². The third-order valence-electron chi connectivity index (χ3n) is 5.69. The minimum absolute atomic E-state index is 0.0403. The van der Waals surface area contributed by atoms with Gasteiger partial charge in [-0.15, -0.1) is 16.4 Å². The summed E-state index contributed by atoms with van der Waals surface area (Å²) in [6.45, 7) is 2.71. The number of nitrogens with one attached hydrogen (secondary N) is 1. The third-order valence-corrected chi connectivity index (χ3v) is 8.23. The molecule has 1 aliphatic carbocycles. The van der Waals surface area contributed by atoms with E-state index in [0.717, 1.165) is 29.7 Å². The zero-order valence-corrected chi connectivity index (χ0v) is 21.0. The molecule has 1 aliphatic heterocycles. The molecule has 1 amide bonds. The lowest BCUT2D eigenvalue weighted by Crippen LogP contribution is -2.24. The van der Waals surface area contributed by atoms with Gasteiger partial charge >= 0.3 is 11.2 Å².